The zero-order chi connectivity index (χ0) is 18.5. The Kier molecular flexibility index (Phi) is 3.81. The van der Waals surface area contributed by atoms with Crippen LogP contribution < -0.4 is 5.43 Å². The van der Waals surface area contributed by atoms with Gasteiger partial charge in [0.1, 0.15) is 28.1 Å². The van der Waals surface area contributed by atoms with E-state index in [-0.39, 0.29) is 39.7 Å². The average Bonchev–Trinajstić information content (AvgIpc) is 2.50. The van der Waals surface area contributed by atoms with Crippen molar-refractivity contribution in [3.63, 3.8) is 0 Å². The molecule has 0 bridgehead atoms. The second-order valence-corrected chi connectivity index (χ2v) is 5.93. The minimum atomic E-state index is -1.06. The Morgan fingerprint density at radius 3 is 2.36 bits per heavy atom. The van der Waals surface area contributed by atoms with Gasteiger partial charge in [0, 0.05) is 30.2 Å². The third kappa shape index (κ3) is 2.64. The molecule has 130 valence electrons. The van der Waals surface area contributed by atoms with Crippen molar-refractivity contribution in [2.75, 3.05) is 0 Å². The van der Waals surface area contributed by atoms with Gasteiger partial charge in [-0.3, -0.25) is 4.79 Å². The van der Waals surface area contributed by atoms with Crippen LogP contribution in [0.3, 0.4) is 0 Å². The third-order valence-electron chi connectivity index (χ3n) is 4.05. The number of rotatable bonds is 3. The van der Waals surface area contributed by atoms with Gasteiger partial charge in [-0.25, -0.2) is 0 Å². The molecule has 0 unspecified atom stereocenters. The number of fused-ring (bicyclic) bond motifs is 2. The fourth-order valence-electron chi connectivity index (χ4n) is 2.72. The van der Waals surface area contributed by atoms with Gasteiger partial charge in [0.15, 0.2) is 11.5 Å². The Hall–Kier alpha value is -3.19. The second kappa shape index (κ2) is 5.71. The lowest BCUT2D eigenvalue weighted by Gasteiger charge is -2.15. The van der Waals surface area contributed by atoms with Crippen molar-refractivity contribution in [3.05, 3.63) is 46.1 Å². The Morgan fingerprint density at radius 1 is 1.08 bits per heavy atom. The van der Waals surface area contributed by atoms with Gasteiger partial charge in [-0.1, -0.05) is 12.2 Å². The molecule has 2 aromatic carbocycles. The van der Waals surface area contributed by atoms with E-state index >= 15 is 0 Å². The Labute approximate surface area is 141 Å². The number of hydrogen-bond donors (Lipinski definition) is 5. The Bertz CT molecular complexity index is 1080. The van der Waals surface area contributed by atoms with Gasteiger partial charge >= 0.3 is 0 Å². The normalized spacial score (nSPS) is 12.6. The monoisotopic (exact) mass is 344 g/mol. The van der Waals surface area contributed by atoms with E-state index in [1.54, 1.807) is 6.92 Å². The average molecular weight is 344 g/mol. The van der Waals surface area contributed by atoms with E-state index in [9.17, 15) is 30.3 Å². The molecule has 0 aliphatic rings. The number of phenolic OH excluding ortho intramolecular Hbond substituents is 4. The SMILES string of the molecule is C=C(C)[C@H](O)Cc1c(O)c(O)cc2oc3cc(O)cc(O)c3c(=O)c12. The van der Waals surface area contributed by atoms with Crippen molar-refractivity contribution in [1.29, 1.82) is 0 Å². The molecule has 3 aromatic rings. The predicted molar refractivity (Wildman–Crippen MR) is 91.2 cm³/mol. The van der Waals surface area contributed by atoms with Crippen molar-refractivity contribution in [2.24, 2.45) is 0 Å². The lowest BCUT2D eigenvalue weighted by Crippen LogP contribution is -2.14. The summed E-state index contributed by atoms with van der Waals surface area (Å²) in [4.78, 5) is 12.9. The summed E-state index contributed by atoms with van der Waals surface area (Å²) >= 11 is 0. The molecule has 1 atom stereocenters. The van der Waals surface area contributed by atoms with Crippen LogP contribution in [0.25, 0.3) is 21.9 Å². The van der Waals surface area contributed by atoms with Gasteiger partial charge in [-0.05, 0) is 6.92 Å². The van der Waals surface area contributed by atoms with Crippen molar-refractivity contribution in [2.45, 2.75) is 19.4 Å². The summed E-state index contributed by atoms with van der Waals surface area (Å²) in [7, 11) is 0. The van der Waals surface area contributed by atoms with Crippen LogP contribution in [0, 0.1) is 0 Å². The zero-order valence-electron chi connectivity index (χ0n) is 13.3. The molecule has 0 fully saturated rings. The van der Waals surface area contributed by atoms with Crippen LogP contribution >= 0.6 is 0 Å². The van der Waals surface area contributed by atoms with Gasteiger partial charge in [-0.2, -0.15) is 0 Å². The van der Waals surface area contributed by atoms with Crippen LogP contribution in [0.2, 0.25) is 0 Å². The highest BCUT2D eigenvalue weighted by Crippen LogP contribution is 2.38. The quantitative estimate of drug-likeness (QED) is 0.280. The molecular weight excluding hydrogens is 328 g/mol. The molecular formula is C18H16O7. The predicted octanol–water partition coefficient (Wildman–Crippen LogP) is 2.25. The Balaban J connectivity index is 2.46. The van der Waals surface area contributed by atoms with Crippen LogP contribution in [0.15, 0.2) is 39.6 Å². The van der Waals surface area contributed by atoms with E-state index in [1.807, 2.05) is 0 Å². The van der Waals surface area contributed by atoms with E-state index in [0.717, 1.165) is 18.2 Å². The number of aliphatic hydroxyl groups excluding tert-OH is 1. The summed E-state index contributed by atoms with van der Waals surface area (Å²) < 4.78 is 5.51. The highest BCUT2D eigenvalue weighted by atomic mass is 16.3. The summed E-state index contributed by atoms with van der Waals surface area (Å²) in [6.45, 7) is 5.20. The summed E-state index contributed by atoms with van der Waals surface area (Å²) in [5, 5.41) is 49.4. The molecule has 0 aliphatic carbocycles. The van der Waals surface area contributed by atoms with E-state index in [0.29, 0.717) is 5.57 Å². The first-order valence-electron chi connectivity index (χ1n) is 7.40. The van der Waals surface area contributed by atoms with E-state index in [4.69, 9.17) is 4.42 Å². The molecule has 0 saturated carbocycles. The lowest BCUT2D eigenvalue weighted by molar-refractivity contribution is 0.210. The van der Waals surface area contributed by atoms with Crippen LogP contribution in [0.5, 0.6) is 23.0 Å². The molecule has 7 heteroatoms. The van der Waals surface area contributed by atoms with Crippen LogP contribution in [0.1, 0.15) is 12.5 Å². The van der Waals surface area contributed by atoms with Gasteiger partial charge in [0.25, 0.3) is 0 Å². The molecule has 25 heavy (non-hydrogen) atoms. The Morgan fingerprint density at radius 2 is 1.72 bits per heavy atom. The fourth-order valence-corrected chi connectivity index (χ4v) is 2.72. The first-order chi connectivity index (χ1) is 11.7. The number of aliphatic hydroxyl groups is 1. The molecule has 3 rings (SSSR count). The molecule has 5 N–H and O–H groups in total. The van der Waals surface area contributed by atoms with E-state index in [1.165, 1.54) is 0 Å². The molecule has 0 spiro atoms. The van der Waals surface area contributed by atoms with Crippen LogP contribution in [-0.4, -0.2) is 31.6 Å². The van der Waals surface area contributed by atoms with Crippen molar-refractivity contribution in [3.8, 4) is 23.0 Å². The maximum absolute atomic E-state index is 12.9. The van der Waals surface area contributed by atoms with E-state index in [2.05, 4.69) is 6.58 Å². The molecule has 1 heterocycles. The number of hydrogen-bond acceptors (Lipinski definition) is 7. The maximum Gasteiger partial charge on any atom is 0.204 e. The largest absolute Gasteiger partial charge is 0.508 e. The number of phenols is 4. The summed E-state index contributed by atoms with van der Waals surface area (Å²) in [5.74, 6) is -1.86. The molecule has 1 aromatic heterocycles. The third-order valence-corrected chi connectivity index (χ3v) is 4.05. The molecule has 7 nitrogen and oxygen atoms in total. The van der Waals surface area contributed by atoms with Crippen molar-refractivity contribution >= 4 is 21.9 Å². The summed E-state index contributed by atoms with van der Waals surface area (Å²) in [6, 6.07) is 3.21. The van der Waals surface area contributed by atoms with Crippen molar-refractivity contribution < 1.29 is 29.9 Å². The zero-order valence-corrected chi connectivity index (χ0v) is 13.3. The maximum atomic E-state index is 12.9. The fraction of sp³-hybridized carbons (Fsp3) is 0.167. The van der Waals surface area contributed by atoms with Gasteiger partial charge in [-0.15, -0.1) is 0 Å². The minimum Gasteiger partial charge on any atom is -0.508 e. The highest BCUT2D eigenvalue weighted by Gasteiger charge is 2.22. The smallest absolute Gasteiger partial charge is 0.204 e. The lowest BCUT2D eigenvalue weighted by atomic mass is 9.97. The topological polar surface area (TPSA) is 131 Å². The first-order valence-corrected chi connectivity index (χ1v) is 7.40. The highest BCUT2D eigenvalue weighted by molar-refractivity contribution is 5.96. The number of benzene rings is 2. The van der Waals surface area contributed by atoms with Crippen LogP contribution in [0.4, 0.5) is 0 Å². The standard InChI is InChI=1S/C18H16O7/c1-7(2)10(20)5-9-15-14(6-12(22)17(9)23)25-13-4-8(19)3-11(21)16(13)18(15)24/h3-4,6,10,19-23H,1,5H2,2H3/t10-/m1/s1. The minimum absolute atomic E-state index is 0.0198. The molecule has 0 aliphatic heterocycles. The molecule has 0 amide bonds. The van der Waals surface area contributed by atoms with Gasteiger partial charge in [0.2, 0.25) is 5.43 Å². The number of aromatic hydroxyl groups is 4. The summed E-state index contributed by atoms with van der Waals surface area (Å²) in [5.41, 5.74) is -0.399. The molecule has 0 radical (unpaired) electrons. The van der Waals surface area contributed by atoms with Crippen LogP contribution in [-0.2, 0) is 6.42 Å². The summed E-state index contributed by atoms with van der Waals surface area (Å²) in [6.07, 6.45) is -1.24. The van der Waals surface area contributed by atoms with Gasteiger partial charge < -0.3 is 29.9 Å². The van der Waals surface area contributed by atoms with Crippen molar-refractivity contribution in [1.82, 2.24) is 0 Å². The molecule has 0 saturated heterocycles. The van der Waals surface area contributed by atoms with Gasteiger partial charge in [0.05, 0.1) is 11.5 Å². The van der Waals surface area contributed by atoms with E-state index < -0.39 is 28.8 Å². The first kappa shape index (κ1) is 16.7. The second-order valence-electron chi connectivity index (χ2n) is 5.93.